The van der Waals surface area contributed by atoms with Crippen molar-refractivity contribution in [3.8, 4) is 12.3 Å². The molecule has 1 amide bonds. The van der Waals surface area contributed by atoms with Gasteiger partial charge in [0.05, 0.1) is 30.5 Å². The lowest BCUT2D eigenvalue weighted by Crippen LogP contribution is -2.72. The molecule has 0 radical (unpaired) electrons. The Labute approximate surface area is 216 Å². The van der Waals surface area contributed by atoms with Gasteiger partial charge < -0.3 is 28.7 Å². The van der Waals surface area contributed by atoms with E-state index < -0.39 is 71.2 Å². The Bertz CT molecular complexity index is 883. The number of nitrogens with one attached hydrogen (secondary N) is 1. The highest BCUT2D eigenvalue weighted by atomic mass is 35.6. The molecule has 12 heteroatoms. The number of rotatable bonds is 6. The van der Waals surface area contributed by atoms with Crippen molar-refractivity contribution in [3.63, 3.8) is 0 Å². The highest BCUT2D eigenvalue weighted by Gasteiger charge is 2.75. The summed E-state index contributed by atoms with van der Waals surface area (Å²) in [6, 6.07) is 0. The minimum Gasteiger partial charge on any atom is -0.447 e. The highest BCUT2D eigenvalue weighted by molar-refractivity contribution is 6.76. The van der Waals surface area contributed by atoms with Crippen LogP contribution in [-0.4, -0.2) is 71.9 Å². The predicted molar refractivity (Wildman–Crippen MR) is 130 cm³/mol. The van der Waals surface area contributed by atoms with E-state index >= 15 is 0 Å². The van der Waals surface area contributed by atoms with Gasteiger partial charge in [0, 0.05) is 19.3 Å². The van der Waals surface area contributed by atoms with Crippen LogP contribution in [0.4, 0.5) is 0 Å². The van der Waals surface area contributed by atoms with E-state index in [1.165, 1.54) is 6.92 Å². The van der Waals surface area contributed by atoms with Crippen LogP contribution in [0.1, 0.15) is 34.1 Å². The van der Waals surface area contributed by atoms with Crippen LogP contribution in [0.25, 0.3) is 0 Å². The van der Waals surface area contributed by atoms with E-state index in [9.17, 15) is 9.59 Å². The number of terminal acetylenes is 1. The van der Waals surface area contributed by atoms with Crippen LogP contribution in [0.3, 0.4) is 0 Å². The van der Waals surface area contributed by atoms with Crippen LogP contribution in [0.15, 0.2) is 0 Å². The normalized spacial score (nSPS) is 37.8. The first-order valence-electron chi connectivity index (χ1n) is 11.0. The smallest absolute Gasteiger partial charge is 0.303 e. The van der Waals surface area contributed by atoms with E-state index in [2.05, 4.69) is 11.2 Å². The Balaban J connectivity index is 2.16. The number of hydrogen-bond donors (Lipinski definition) is 1. The first kappa shape index (κ1) is 28.0. The van der Waals surface area contributed by atoms with Crippen molar-refractivity contribution in [1.29, 1.82) is 0 Å². The second-order valence-electron chi connectivity index (χ2n) is 10.7. The second-order valence-corrected chi connectivity index (χ2v) is 17.4. The number of ether oxygens (including phenoxy) is 4. The molecule has 7 atom stereocenters. The maximum atomic E-state index is 13.1. The van der Waals surface area contributed by atoms with Gasteiger partial charge in [-0.25, -0.2) is 0 Å². The van der Waals surface area contributed by atoms with Crippen molar-refractivity contribution in [2.75, 3.05) is 6.61 Å². The Morgan fingerprint density at radius 3 is 2.26 bits per heavy atom. The molecule has 0 aromatic carbocycles. The lowest BCUT2D eigenvalue weighted by atomic mass is 9.63. The number of fused-ring (bicyclic) bond motifs is 1. The van der Waals surface area contributed by atoms with Crippen LogP contribution in [0, 0.1) is 18.3 Å². The molecule has 3 fully saturated rings. The summed E-state index contributed by atoms with van der Waals surface area (Å²) >= 11 is 17.8. The molecule has 0 aromatic heterocycles. The van der Waals surface area contributed by atoms with E-state index in [0.29, 0.717) is 0 Å². The summed E-state index contributed by atoms with van der Waals surface area (Å²) in [4.78, 5) is 25.1. The Morgan fingerprint density at radius 1 is 1.21 bits per heavy atom. The zero-order valence-electron chi connectivity index (χ0n) is 20.4. The number of hydrogen-bond acceptors (Lipinski definition) is 7. The third-order valence-corrected chi connectivity index (χ3v) is 7.91. The predicted octanol–water partition coefficient (Wildman–Crippen LogP) is 3.33. The largest absolute Gasteiger partial charge is 0.447 e. The van der Waals surface area contributed by atoms with Crippen molar-refractivity contribution >= 4 is 55.0 Å². The summed E-state index contributed by atoms with van der Waals surface area (Å²) in [7, 11) is -2.09. The van der Waals surface area contributed by atoms with Gasteiger partial charge in [0.25, 0.3) is 9.70 Å². The topological polar surface area (TPSA) is 95.6 Å². The monoisotopic (exact) mass is 555 g/mol. The molecule has 3 rings (SSSR count). The second kappa shape index (κ2) is 9.07. The third-order valence-electron chi connectivity index (χ3n) is 6.41. The summed E-state index contributed by atoms with van der Waals surface area (Å²) in [5.41, 5.74) is -2.09. The maximum Gasteiger partial charge on any atom is 0.303 e. The number of halogens is 3. The van der Waals surface area contributed by atoms with Gasteiger partial charge in [-0.2, -0.15) is 0 Å². The van der Waals surface area contributed by atoms with Crippen LogP contribution in [-0.2, 0) is 33.0 Å². The SMILES string of the molecule is C#C[C@@H](OC(C)=O)[C@]1(NC(=O)C(Cl)(Cl)Cl)C[C@H](O[Si](C)(C)C)[C@@]2(C)O[C@H]2[C@@H]1[C@H]1COC(C)(C)O1. The Morgan fingerprint density at radius 2 is 1.82 bits per heavy atom. The third kappa shape index (κ3) is 5.55. The lowest BCUT2D eigenvalue weighted by Gasteiger charge is -2.51. The maximum absolute atomic E-state index is 13.1. The molecule has 192 valence electrons. The van der Waals surface area contributed by atoms with Crippen molar-refractivity contribution in [1.82, 2.24) is 5.32 Å². The summed E-state index contributed by atoms with van der Waals surface area (Å²) < 4.78 is 28.0. The lowest BCUT2D eigenvalue weighted by molar-refractivity contribution is -0.167. The van der Waals surface area contributed by atoms with Crippen molar-refractivity contribution < 1.29 is 33.0 Å². The van der Waals surface area contributed by atoms with Gasteiger partial charge in [0.15, 0.2) is 20.2 Å². The van der Waals surface area contributed by atoms with Gasteiger partial charge >= 0.3 is 5.97 Å². The fourth-order valence-electron chi connectivity index (χ4n) is 5.07. The van der Waals surface area contributed by atoms with E-state index in [1.807, 2.05) is 26.6 Å². The average Bonchev–Trinajstić information content (AvgIpc) is 3.21. The van der Waals surface area contributed by atoms with Crippen LogP contribution >= 0.6 is 34.8 Å². The minimum atomic E-state index is -2.29. The van der Waals surface area contributed by atoms with E-state index in [1.54, 1.807) is 13.8 Å². The fraction of sp³-hybridized carbons (Fsp3) is 0.818. The van der Waals surface area contributed by atoms with Gasteiger partial charge in [-0.3, -0.25) is 9.59 Å². The summed E-state index contributed by atoms with van der Waals surface area (Å²) in [5.74, 6) is -0.485. The first-order valence-corrected chi connectivity index (χ1v) is 15.6. The van der Waals surface area contributed by atoms with Gasteiger partial charge in [0.2, 0.25) is 0 Å². The number of epoxide rings is 1. The molecule has 8 nitrogen and oxygen atoms in total. The molecule has 3 aliphatic rings. The molecule has 1 N–H and O–H groups in total. The Kier molecular flexibility index (Phi) is 7.47. The number of carbonyl (C=O) groups is 2. The van der Waals surface area contributed by atoms with Crippen molar-refractivity contribution in [2.24, 2.45) is 5.92 Å². The fourth-order valence-corrected chi connectivity index (χ4v) is 6.38. The quantitative estimate of drug-likeness (QED) is 0.176. The molecule has 2 aliphatic heterocycles. The molecule has 1 aliphatic carbocycles. The van der Waals surface area contributed by atoms with Gasteiger partial charge in [-0.05, 0) is 40.4 Å². The van der Waals surface area contributed by atoms with Gasteiger partial charge in [-0.15, -0.1) is 6.42 Å². The standard InChI is InChI=1S/C22H32Cl3NO7Si/c1-9-14(30-12(2)27)21(26-18(28)22(23,24)25)10-15(33-34(6,7)8)20(5)17(32-20)16(21)13-11-29-19(3,4)31-13/h1,13-17H,10-11H2,2-8H3,(H,26,28)/t13-,14-,15+,16+,17+,20-,21-/m1/s1. The molecule has 0 spiro atoms. The zero-order valence-corrected chi connectivity index (χ0v) is 23.6. The van der Waals surface area contributed by atoms with E-state index in [0.717, 1.165) is 0 Å². The molecule has 0 unspecified atom stereocenters. The van der Waals surface area contributed by atoms with Crippen LogP contribution < -0.4 is 5.32 Å². The number of carbonyl (C=O) groups excluding carboxylic acids is 2. The molecule has 1 saturated carbocycles. The van der Waals surface area contributed by atoms with Crippen molar-refractivity contribution in [2.45, 2.75) is 98.9 Å². The molecule has 34 heavy (non-hydrogen) atoms. The first-order chi connectivity index (χ1) is 15.3. The molecule has 2 saturated heterocycles. The van der Waals surface area contributed by atoms with E-state index in [-0.39, 0.29) is 13.0 Å². The van der Waals surface area contributed by atoms with Crippen molar-refractivity contribution in [3.05, 3.63) is 0 Å². The number of esters is 1. The molecule has 0 bridgehead atoms. The summed E-state index contributed by atoms with van der Waals surface area (Å²) in [6.45, 7) is 13.1. The summed E-state index contributed by atoms with van der Waals surface area (Å²) in [6.07, 6.45) is 3.31. The molecule has 2 heterocycles. The Hall–Kier alpha value is -0.573. The van der Waals surface area contributed by atoms with Gasteiger partial charge in [0.1, 0.15) is 5.60 Å². The molecular formula is C22H32Cl3NO7Si. The summed E-state index contributed by atoms with van der Waals surface area (Å²) in [5, 5.41) is 2.84. The minimum absolute atomic E-state index is 0.143. The zero-order chi connectivity index (χ0) is 25.9. The molecular weight excluding hydrogens is 525 g/mol. The van der Waals surface area contributed by atoms with Crippen LogP contribution in [0.2, 0.25) is 19.6 Å². The van der Waals surface area contributed by atoms with E-state index in [4.69, 9.17) is 64.6 Å². The molecule has 0 aromatic rings. The highest BCUT2D eigenvalue weighted by Crippen LogP contribution is 2.59. The number of alkyl halides is 3. The average molecular weight is 557 g/mol. The van der Waals surface area contributed by atoms with Gasteiger partial charge in [-0.1, -0.05) is 40.7 Å². The van der Waals surface area contributed by atoms with Crippen LogP contribution in [0.5, 0.6) is 0 Å². The number of amides is 1.